The number of thioether (sulfide) groups is 1. The lowest BCUT2D eigenvalue weighted by molar-refractivity contribution is -0.143. The van der Waals surface area contributed by atoms with Crippen molar-refractivity contribution in [3.8, 4) is 0 Å². The molecule has 0 aromatic carbocycles. The molecule has 1 aliphatic heterocycles. The highest BCUT2D eigenvalue weighted by Crippen LogP contribution is 2.26. The number of alkyl halides is 1. The average molecular weight is 486 g/mol. The maximum atomic E-state index is 12.6. The van der Waals surface area contributed by atoms with Crippen molar-refractivity contribution >= 4 is 73.6 Å². The van der Waals surface area contributed by atoms with Crippen molar-refractivity contribution in [2.45, 2.75) is 12.1 Å². The zero-order chi connectivity index (χ0) is 21.8. The van der Waals surface area contributed by atoms with Crippen LogP contribution in [0.1, 0.15) is 5.69 Å². The van der Waals surface area contributed by atoms with E-state index in [2.05, 4.69) is 25.6 Å². The summed E-state index contributed by atoms with van der Waals surface area (Å²) in [4.78, 5) is 44.8. The highest BCUT2D eigenvalue weighted by Gasteiger charge is 2.53. The minimum Gasteiger partial charge on any atom is -0.398 e. The molecule has 29 heavy (non-hydrogen) atoms. The Balaban J connectivity index is 2.19. The number of β-lactam (4-membered cyclic amide) rings is 1. The Morgan fingerprint density at radius 3 is 2.76 bits per heavy atom. The molecule has 2 heterocycles. The average Bonchev–Trinajstić information content (AvgIpc) is 3.10. The molecule has 3 N–H and O–H groups in total. The molecule has 0 saturated carbocycles. The summed E-state index contributed by atoms with van der Waals surface area (Å²) in [5.74, 6) is -2.46. The molecule has 2 atom stereocenters. The van der Waals surface area contributed by atoms with Gasteiger partial charge in [0.1, 0.15) is 24.7 Å². The van der Waals surface area contributed by atoms with Crippen LogP contribution >= 0.6 is 34.7 Å². The van der Waals surface area contributed by atoms with Gasteiger partial charge in [0, 0.05) is 11.1 Å². The molecule has 0 radical (unpaired) electrons. The van der Waals surface area contributed by atoms with Gasteiger partial charge >= 0.3 is 10.3 Å². The number of carbonyl (C=O) groups is 3. The normalized spacial score (nSPS) is 19.5. The van der Waals surface area contributed by atoms with Crippen LogP contribution in [-0.2, 0) is 29.5 Å². The Bertz CT molecular complexity index is 935. The van der Waals surface area contributed by atoms with Crippen LogP contribution in [0.25, 0.3) is 0 Å². The number of oxime groups is 1. The Morgan fingerprint density at radius 2 is 2.21 bits per heavy atom. The monoisotopic (exact) mass is 485 g/mol. The second-order valence-corrected chi connectivity index (χ2v) is 8.75. The van der Waals surface area contributed by atoms with Crippen molar-refractivity contribution in [2.75, 3.05) is 30.3 Å². The fraction of sp³-hybridized carbons (Fsp3) is 0.462. The van der Waals surface area contributed by atoms with Crippen molar-refractivity contribution in [3.05, 3.63) is 11.1 Å². The predicted octanol–water partition coefficient (Wildman–Crippen LogP) is -0.468. The quantitative estimate of drug-likeness (QED) is 0.138. The van der Waals surface area contributed by atoms with Gasteiger partial charge in [0.15, 0.2) is 10.8 Å². The fourth-order valence-electron chi connectivity index (χ4n) is 2.39. The summed E-state index contributed by atoms with van der Waals surface area (Å²) in [6, 6.07) is -2.15. The molecule has 1 aliphatic rings. The Labute approximate surface area is 178 Å². The number of thiazole rings is 1. The number of hydrogen-bond acceptors (Lipinski definition) is 10. The number of nitrogens with zero attached hydrogens (tertiary/aromatic N) is 3. The van der Waals surface area contributed by atoms with Crippen LogP contribution in [0.5, 0.6) is 0 Å². The lowest BCUT2D eigenvalue weighted by Crippen LogP contribution is -2.73. The highest BCUT2D eigenvalue weighted by atomic mass is 35.5. The minimum atomic E-state index is -4.75. The van der Waals surface area contributed by atoms with Crippen LogP contribution in [0.3, 0.4) is 0 Å². The number of carbonyl (C=O) groups excluding carboxylic acids is 3. The summed E-state index contributed by atoms with van der Waals surface area (Å²) in [5, 5.41) is 9.97. The molecule has 1 fully saturated rings. The largest absolute Gasteiger partial charge is 0.398 e. The van der Waals surface area contributed by atoms with Crippen LogP contribution in [0.4, 0.5) is 5.13 Å². The first-order valence-corrected chi connectivity index (χ1v) is 11.9. The number of anilines is 1. The summed E-state index contributed by atoms with van der Waals surface area (Å²) in [7, 11) is -3.55. The molecule has 1 aromatic rings. The molecule has 0 spiro atoms. The lowest BCUT2D eigenvalue weighted by atomic mass is 10.0. The summed E-state index contributed by atoms with van der Waals surface area (Å²) < 4.78 is 32.2. The number of rotatable bonds is 9. The van der Waals surface area contributed by atoms with Crippen molar-refractivity contribution in [1.29, 1.82) is 0 Å². The first-order chi connectivity index (χ1) is 13.6. The Hall–Kier alpha value is -1.94. The number of halogens is 1. The molecule has 3 amide bonds. The zero-order valence-electron chi connectivity index (χ0n) is 15.0. The van der Waals surface area contributed by atoms with Gasteiger partial charge in [-0.25, -0.2) is 9.29 Å². The first-order valence-electron chi connectivity index (χ1n) is 7.67. The third kappa shape index (κ3) is 5.36. The lowest BCUT2D eigenvalue weighted by Gasteiger charge is -2.43. The highest BCUT2D eigenvalue weighted by molar-refractivity contribution is 7.98. The first kappa shape index (κ1) is 23.3. The van der Waals surface area contributed by atoms with E-state index in [4.69, 9.17) is 11.6 Å². The molecular weight excluding hydrogens is 470 g/mol. The Kier molecular flexibility index (Phi) is 7.81. The van der Waals surface area contributed by atoms with E-state index in [1.807, 2.05) is 0 Å². The van der Waals surface area contributed by atoms with Crippen LogP contribution in [0.2, 0.25) is 0 Å². The minimum absolute atomic E-state index is 0.0547. The van der Waals surface area contributed by atoms with E-state index < -0.39 is 40.1 Å². The molecule has 16 heteroatoms. The van der Waals surface area contributed by atoms with Gasteiger partial charge in [-0.05, 0) is 6.26 Å². The standard InChI is InChI=1S/C13H16ClN5O7S3/c1-26-18-9(6-4-28-13(15-6)16-8(20)3-14)11(21)17-10-7(5-27-2)19(12(10)22)29(23,24)25/h4,7,10H,3,5H2,1-2H3,(H,17,21)(H,15,16,20)(H,23,24,25). The summed E-state index contributed by atoms with van der Waals surface area (Å²) in [5.41, 5.74) is -0.241. The van der Waals surface area contributed by atoms with Gasteiger partial charge in [0.2, 0.25) is 5.91 Å². The third-order valence-electron chi connectivity index (χ3n) is 3.55. The number of aromatic nitrogens is 1. The molecule has 12 nitrogen and oxygen atoms in total. The summed E-state index contributed by atoms with van der Waals surface area (Å²) >= 11 is 7.64. The summed E-state index contributed by atoms with van der Waals surface area (Å²) in [6.45, 7) is 0. The molecule has 0 bridgehead atoms. The van der Waals surface area contributed by atoms with Gasteiger partial charge < -0.3 is 15.5 Å². The third-order valence-corrected chi connectivity index (χ3v) is 6.18. The number of nitrogens with one attached hydrogen (secondary N) is 2. The van der Waals surface area contributed by atoms with Crippen LogP contribution in [0, 0.1) is 0 Å². The van der Waals surface area contributed by atoms with E-state index in [1.165, 1.54) is 24.3 Å². The van der Waals surface area contributed by atoms with Crippen LogP contribution in [0.15, 0.2) is 10.5 Å². The van der Waals surface area contributed by atoms with Gasteiger partial charge in [0.05, 0.1) is 6.04 Å². The number of hydrogen-bond donors (Lipinski definition) is 3. The van der Waals surface area contributed by atoms with E-state index in [0.29, 0.717) is 4.31 Å². The molecule has 2 unspecified atom stereocenters. The van der Waals surface area contributed by atoms with Crippen molar-refractivity contribution < 1.29 is 32.2 Å². The maximum Gasteiger partial charge on any atom is 0.362 e. The molecular formula is C13H16ClN5O7S3. The predicted molar refractivity (Wildman–Crippen MR) is 108 cm³/mol. The molecule has 2 rings (SSSR count). The van der Waals surface area contributed by atoms with E-state index in [0.717, 1.165) is 11.3 Å². The van der Waals surface area contributed by atoms with Crippen LogP contribution in [-0.4, -0.2) is 82.8 Å². The van der Waals surface area contributed by atoms with Gasteiger partial charge in [-0.1, -0.05) is 5.16 Å². The van der Waals surface area contributed by atoms with Crippen molar-refractivity contribution in [3.63, 3.8) is 0 Å². The fourth-order valence-corrected chi connectivity index (χ4v) is 4.83. The van der Waals surface area contributed by atoms with Crippen LogP contribution < -0.4 is 10.6 Å². The van der Waals surface area contributed by atoms with Gasteiger partial charge in [0.25, 0.3) is 11.8 Å². The van der Waals surface area contributed by atoms with E-state index in [-0.39, 0.29) is 28.2 Å². The zero-order valence-corrected chi connectivity index (χ0v) is 18.2. The second-order valence-electron chi connectivity index (χ2n) is 5.43. The smallest absolute Gasteiger partial charge is 0.362 e. The van der Waals surface area contributed by atoms with Gasteiger partial charge in [-0.3, -0.25) is 18.9 Å². The van der Waals surface area contributed by atoms with E-state index >= 15 is 0 Å². The van der Waals surface area contributed by atoms with E-state index in [9.17, 15) is 27.4 Å². The SMILES string of the molecule is CON=C(C(=O)NC1C(=O)N(S(=O)(=O)O)C1CSC)c1csc(NC(=O)CCl)n1. The molecule has 0 aliphatic carbocycles. The topological polar surface area (TPSA) is 167 Å². The summed E-state index contributed by atoms with van der Waals surface area (Å²) in [6.07, 6.45) is 1.67. The van der Waals surface area contributed by atoms with Crippen molar-refractivity contribution in [1.82, 2.24) is 14.6 Å². The molecule has 1 aromatic heterocycles. The second kappa shape index (κ2) is 9.71. The Morgan fingerprint density at radius 1 is 1.52 bits per heavy atom. The van der Waals surface area contributed by atoms with Gasteiger partial charge in [-0.15, -0.1) is 22.9 Å². The van der Waals surface area contributed by atoms with Gasteiger partial charge in [-0.2, -0.15) is 20.2 Å². The number of amides is 3. The molecule has 160 valence electrons. The van der Waals surface area contributed by atoms with E-state index in [1.54, 1.807) is 6.26 Å². The van der Waals surface area contributed by atoms with Crippen molar-refractivity contribution in [2.24, 2.45) is 5.16 Å². The molecule has 1 saturated heterocycles. The maximum absolute atomic E-state index is 12.6.